The first-order valence-corrected chi connectivity index (χ1v) is 6.68. The van der Waals surface area contributed by atoms with E-state index in [9.17, 15) is 4.79 Å². The van der Waals surface area contributed by atoms with Gasteiger partial charge in [0.25, 0.3) is 0 Å². The molecule has 1 aliphatic heterocycles. The third kappa shape index (κ3) is 3.32. The van der Waals surface area contributed by atoms with E-state index in [1.54, 1.807) is 6.20 Å². The zero-order valence-electron chi connectivity index (χ0n) is 11.1. The molecule has 1 aliphatic rings. The second-order valence-corrected chi connectivity index (χ2v) is 5.14. The smallest absolute Gasteiger partial charge is 0.222 e. The van der Waals surface area contributed by atoms with Gasteiger partial charge in [0.15, 0.2) is 0 Å². The van der Waals surface area contributed by atoms with Crippen molar-refractivity contribution in [1.82, 2.24) is 20.2 Å². The van der Waals surface area contributed by atoms with Gasteiger partial charge in [-0.3, -0.25) is 4.79 Å². The SMILES string of the molecule is CC(C)c1nccn1CCC(=O)N[C@H]1CCNC1. The molecule has 5 heteroatoms. The van der Waals surface area contributed by atoms with Crippen LogP contribution in [0.5, 0.6) is 0 Å². The van der Waals surface area contributed by atoms with Crippen LogP contribution in [0.2, 0.25) is 0 Å². The summed E-state index contributed by atoms with van der Waals surface area (Å²) in [6.07, 6.45) is 5.30. The van der Waals surface area contributed by atoms with E-state index in [2.05, 4.69) is 34.0 Å². The maximum Gasteiger partial charge on any atom is 0.222 e. The van der Waals surface area contributed by atoms with Crippen LogP contribution in [0.25, 0.3) is 0 Å². The number of carbonyl (C=O) groups excluding carboxylic acids is 1. The Hall–Kier alpha value is -1.36. The van der Waals surface area contributed by atoms with Crippen molar-refractivity contribution in [2.45, 2.75) is 45.2 Å². The standard InChI is InChI=1S/C13H22N4O/c1-10(2)13-15-6-8-17(13)7-4-12(18)16-11-3-5-14-9-11/h6,8,10-11,14H,3-5,7,9H2,1-2H3,(H,16,18)/t11-/m0/s1. The summed E-state index contributed by atoms with van der Waals surface area (Å²) in [5.74, 6) is 1.57. The Morgan fingerprint density at radius 1 is 1.67 bits per heavy atom. The molecule has 0 aromatic carbocycles. The normalized spacial score (nSPS) is 19.4. The van der Waals surface area contributed by atoms with Crippen LogP contribution in [-0.4, -0.2) is 34.6 Å². The maximum atomic E-state index is 11.8. The molecule has 0 saturated carbocycles. The molecular formula is C13H22N4O. The molecule has 1 atom stereocenters. The number of hydrogen-bond donors (Lipinski definition) is 2. The molecule has 1 amide bonds. The number of hydrogen-bond acceptors (Lipinski definition) is 3. The summed E-state index contributed by atoms with van der Waals surface area (Å²) in [5, 5.41) is 6.30. The van der Waals surface area contributed by atoms with Crippen LogP contribution in [0.1, 0.15) is 38.4 Å². The average Bonchev–Trinajstić information content (AvgIpc) is 2.96. The zero-order valence-corrected chi connectivity index (χ0v) is 11.1. The second kappa shape index (κ2) is 6.00. The molecule has 0 radical (unpaired) electrons. The fourth-order valence-electron chi connectivity index (χ4n) is 2.31. The minimum Gasteiger partial charge on any atom is -0.352 e. The highest BCUT2D eigenvalue weighted by Crippen LogP contribution is 2.12. The molecular weight excluding hydrogens is 228 g/mol. The van der Waals surface area contributed by atoms with Crippen molar-refractivity contribution in [3.63, 3.8) is 0 Å². The lowest BCUT2D eigenvalue weighted by Gasteiger charge is -2.13. The second-order valence-electron chi connectivity index (χ2n) is 5.14. The summed E-state index contributed by atoms with van der Waals surface area (Å²) in [6.45, 7) is 6.84. The molecule has 2 rings (SSSR count). The molecule has 0 aliphatic carbocycles. The van der Waals surface area contributed by atoms with Crippen LogP contribution < -0.4 is 10.6 Å². The summed E-state index contributed by atoms with van der Waals surface area (Å²) in [4.78, 5) is 16.1. The van der Waals surface area contributed by atoms with Gasteiger partial charge < -0.3 is 15.2 Å². The van der Waals surface area contributed by atoms with Gasteiger partial charge in [-0.1, -0.05) is 13.8 Å². The van der Waals surface area contributed by atoms with Crippen LogP contribution in [0.3, 0.4) is 0 Å². The van der Waals surface area contributed by atoms with Gasteiger partial charge in [0.05, 0.1) is 0 Å². The van der Waals surface area contributed by atoms with Crippen LogP contribution in [0, 0.1) is 0 Å². The van der Waals surface area contributed by atoms with Crippen molar-refractivity contribution in [3.05, 3.63) is 18.2 Å². The first-order chi connectivity index (χ1) is 8.66. The average molecular weight is 250 g/mol. The molecule has 2 heterocycles. The number of rotatable bonds is 5. The summed E-state index contributed by atoms with van der Waals surface area (Å²) in [7, 11) is 0. The van der Waals surface area contributed by atoms with Crippen LogP contribution in [-0.2, 0) is 11.3 Å². The van der Waals surface area contributed by atoms with Crippen molar-refractivity contribution in [2.75, 3.05) is 13.1 Å². The third-order valence-corrected chi connectivity index (χ3v) is 3.27. The van der Waals surface area contributed by atoms with Crippen molar-refractivity contribution in [2.24, 2.45) is 0 Å². The van der Waals surface area contributed by atoms with E-state index < -0.39 is 0 Å². The molecule has 1 aromatic heterocycles. The molecule has 5 nitrogen and oxygen atoms in total. The highest BCUT2D eigenvalue weighted by molar-refractivity contribution is 5.76. The molecule has 0 unspecified atom stereocenters. The fraction of sp³-hybridized carbons (Fsp3) is 0.692. The topological polar surface area (TPSA) is 59.0 Å². The number of aryl methyl sites for hydroxylation is 1. The number of aromatic nitrogens is 2. The Labute approximate surface area is 108 Å². The molecule has 1 fully saturated rings. The number of imidazole rings is 1. The van der Waals surface area contributed by atoms with Gasteiger partial charge in [0, 0.05) is 43.9 Å². The predicted octanol–water partition coefficient (Wildman–Crippen LogP) is 0.875. The number of nitrogens with one attached hydrogen (secondary N) is 2. The molecule has 0 bridgehead atoms. The van der Waals surface area contributed by atoms with Gasteiger partial charge in [-0.05, 0) is 13.0 Å². The van der Waals surface area contributed by atoms with Crippen LogP contribution in [0.15, 0.2) is 12.4 Å². The third-order valence-electron chi connectivity index (χ3n) is 3.27. The first kappa shape index (κ1) is 13.1. The number of carbonyl (C=O) groups is 1. The first-order valence-electron chi connectivity index (χ1n) is 6.68. The molecule has 0 spiro atoms. The van der Waals surface area contributed by atoms with Gasteiger partial charge in [-0.15, -0.1) is 0 Å². The van der Waals surface area contributed by atoms with Crippen LogP contribution >= 0.6 is 0 Å². The Morgan fingerprint density at radius 3 is 3.17 bits per heavy atom. The Morgan fingerprint density at radius 2 is 2.50 bits per heavy atom. The van der Waals surface area contributed by atoms with Gasteiger partial charge in [-0.25, -0.2) is 4.98 Å². The van der Waals surface area contributed by atoms with E-state index >= 15 is 0 Å². The fourth-order valence-corrected chi connectivity index (χ4v) is 2.31. The van der Waals surface area contributed by atoms with E-state index in [1.165, 1.54) is 0 Å². The molecule has 1 aromatic rings. The van der Waals surface area contributed by atoms with Crippen molar-refractivity contribution in [1.29, 1.82) is 0 Å². The summed E-state index contributed by atoms with van der Waals surface area (Å²) < 4.78 is 2.07. The Bertz CT molecular complexity index is 393. The largest absolute Gasteiger partial charge is 0.352 e. The number of amides is 1. The highest BCUT2D eigenvalue weighted by atomic mass is 16.1. The van der Waals surface area contributed by atoms with E-state index in [-0.39, 0.29) is 5.91 Å². The van der Waals surface area contributed by atoms with E-state index in [4.69, 9.17) is 0 Å². The predicted molar refractivity (Wildman–Crippen MR) is 70.4 cm³/mol. The molecule has 2 N–H and O–H groups in total. The molecule has 18 heavy (non-hydrogen) atoms. The van der Waals surface area contributed by atoms with Gasteiger partial charge in [-0.2, -0.15) is 0 Å². The lowest BCUT2D eigenvalue weighted by Crippen LogP contribution is -2.36. The summed E-state index contributed by atoms with van der Waals surface area (Å²) in [6, 6.07) is 0.310. The van der Waals surface area contributed by atoms with Gasteiger partial charge in [0.2, 0.25) is 5.91 Å². The minimum absolute atomic E-state index is 0.132. The summed E-state index contributed by atoms with van der Waals surface area (Å²) >= 11 is 0. The molecule has 100 valence electrons. The lowest BCUT2D eigenvalue weighted by molar-refractivity contribution is -0.121. The minimum atomic E-state index is 0.132. The van der Waals surface area contributed by atoms with Crippen molar-refractivity contribution >= 4 is 5.91 Å². The Balaban J connectivity index is 1.79. The molecule has 1 saturated heterocycles. The maximum absolute atomic E-state index is 11.8. The highest BCUT2D eigenvalue weighted by Gasteiger charge is 2.16. The zero-order chi connectivity index (χ0) is 13.0. The monoisotopic (exact) mass is 250 g/mol. The lowest BCUT2D eigenvalue weighted by atomic mass is 10.2. The van der Waals surface area contributed by atoms with Gasteiger partial charge >= 0.3 is 0 Å². The summed E-state index contributed by atoms with van der Waals surface area (Å²) in [5.41, 5.74) is 0. The number of nitrogens with zero attached hydrogens (tertiary/aromatic N) is 2. The van der Waals surface area contributed by atoms with E-state index in [1.807, 2.05) is 6.20 Å². The van der Waals surface area contributed by atoms with Gasteiger partial charge in [0.1, 0.15) is 5.82 Å². The van der Waals surface area contributed by atoms with Crippen molar-refractivity contribution in [3.8, 4) is 0 Å². The van der Waals surface area contributed by atoms with Crippen molar-refractivity contribution < 1.29 is 4.79 Å². The van der Waals surface area contributed by atoms with E-state index in [0.29, 0.717) is 24.9 Å². The van der Waals surface area contributed by atoms with Crippen LogP contribution in [0.4, 0.5) is 0 Å². The van der Waals surface area contributed by atoms with E-state index in [0.717, 1.165) is 25.3 Å². The Kier molecular flexibility index (Phi) is 4.36. The quantitative estimate of drug-likeness (QED) is 0.815.